The predicted octanol–water partition coefficient (Wildman–Crippen LogP) is 1.95. The Kier molecular flexibility index (Phi) is 3.04. The summed E-state index contributed by atoms with van der Waals surface area (Å²) in [6, 6.07) is 9.29. The van der Waals surface area contributed by atoms with Crippen LogP contribution in [0.2, 0.25) is 0 Å². The van der Waals surface area contributed by atoms with E-state index in [4.69, 9.17) is 10.5 Å². The third kappa shape index (κ3) is 2.13. The molecule has 0 spiro atoms. The molecule has 1 aromatic carbocycles. The number of para-hydroxylation sites is 1. The highest BCUT2D eigenvalue weighted by Gasteiger charge is 2.35. The van der Waals surface area contributed by atoms with E-state index in [0.717, 1.165) is 19.6 Å². The van der Waals surface area contributed by atoms with Gasteiger partial charge in [-0.05, 0) is 37.8 Å². The summed E-state index contributed by atoms with van der Waals surface area (Å²) in [6.45, 7) is 4.71. The fourth-order valence-corrected chi connectivity index (χ4v) is 3.09. The van der Waals surface area contributed by atoms with E-state index in [-0.39, 0.29) is 5.54 Å². The summed E-state index contributed by atoms with van der Waals surface area (Å²) in [5.41, 5.74) is 9.10. The maximum atomic E-state index is 6.44. The lowest BCUT2D eigenvalue weighted by Crippen LogP contribution is -2.54. The highest BCUT2D eigenvalue weighted by atomic mass is 16.5. The standard InChI is InChI=1S/C15H22N2O/c1-12-6-7-13-4-2-3-5-14(13)17(12)10-15(16)8-9-18-11-15/h2-5,12H,6-11,16H2,1H3. The lowest BCUT2D eigenvalue weighted by Gasteiger charge is -2.41. The Bertz CT molecular complexity index is 426. The van der Waals surface area contributed by atoms with Crippen molar-refractivity contribution in [1.29, 1.82) is 0 Å². The minimum Gasteiger partial charge on any atom is -0.379 e. The quantitative estimate of drug-likeness (QED) is 0.866. The van der Waals surface area contributed by atoms with Crippen molar-refractivity contribution in [1.82, 2.24) is 0 Å². The molecule has 0 saturated carbocycles. The van der Waals surface area contributed by atoms with Gasteiger partial charge in [0.05, 0.1) is 12.1 Å². The van der Waals surface area contributed by atoms with Gasteiger partial charge in [0.15, 0.2) is 0 Å². The Labute approximate surface area is 109 Å². The molecule has 1 aromatic rings. The van der Waals surface area contributed by atoms with Crippen LogP contribution in [-0.4, -0.2) is 31.3 Å². The highest BCUT2D eigenvalue weighted by molar-refractivity contribution is 5.56. The molecule has 2 aliphatic heterocycles. The molecular weight excluding hydrogens is 224 g/mol. The number of aryl methyl sites for hydroxylation is 1. The Morgan fingerprint density at radius 2 is 2.28 bits per heavy atom. The van der Waals surface area contributed by atoms with Crippen LogP contribution in [0.5, 0.6) is 0 Å². The summed E-state index contributed by atoms with van der Waals surface area (Å²) in [7, 11) is 0. The van der Waals surface area contributed by atoms with Crippen molar-refractivity contribution >= 4 is 5.69 Å². The molecule has 3 rings (SSSR count). The van der Waals surface area contributed by atoms with Gasteiger partial charge in [-0.3, -0.25) is 0 Å². The fraction of sp³-hybridized carbons (Fsp3) is 0.600. The van der Waals surface area contributed by atoms with Crippen molar-refractivity contribution in [3.05, 3.63) is 29.8 Å². The van der Waals surface area contributed by atoms with E-state index < -0.39 is 0 Å². The van der Waals surface area contributed by atoms with Crippen LogP contribution >= 0.6 is 0 Å². The van der Waals surface area contributed by atoms with Crippen molar-refractivity contribution in [3.8, 4) is 0 Å². The zero-order chi connectivity index (χ0) is 12.6. The van der Waals surface area contributed by atoms with Gasteiger partial charge in [0.25, 0.3) is 0 Å². The average Bonchev–Trinajstić information content (AvgIpc) is 2.80. The largest absolute Gasteiger partial charge is 0.379 e. The molecule has 98 valence electrons. The second-order valence-corrected chi connectivity index (χ2v) is 5.81. The normalized spacial score (nSPS) is 31.4. The number of hydrogen-bond acceptors (Lipinski definition) is 3. The van der Waals surface area contributed by atoms with Gasteiger partial charge in [-0.2, -0.15) is 0 Å². The summed E-state index contributed by atoms with van der Waals surface area (Å²) < 4.78 is 5.47. The van der Waals surface area contributed by atoms with Crippen LogP contribution < -0.4 is 10.6 Å². The molecule has 0 aromatic heterocycles. The van der Waals surface area contributed by atoms with Crippen molar-refractivity contribution in [3.63, 3.8) is 0 Å². The van der Waals surface area contributed by atoms with Crippen molar-refractivity contribution < 1.29 is 4.74 Å². The summed E-state index contributed by atoms with van der Waals surface area (Å²) in [5.74, 6) is 0. The van der Waals surface area contributed by atoms with Crippen molar-refractivity contribution in [2.24, 2.45) is 5.73 Å². The van der Waals surface area contributed by atoms with E-state index in [2.05, 4.69) is 36.1 Å². The van der Waals surface area contributed by atoms with Crippen molar-refractivity contribution in [2.75, 3.05) is 24.7 Å². The van der Waals surface area contributed by atoms with Gasteiger partial charge in [0, 0.05) is 24.9 Å². The van der Waals surface area contributed by atoms with Gasteiger partial charge in [-0.1, -0.05) is 18.2 Å². The molecule has 2 N–H and O–H groups in total. The van der Waals surface area contributed by atoms with Crippen LogP contribution in [0.15, 0.2) is 24.3 Å². The first-order chi connectivity index (χ1) is 8.68. The fourth-order valence-electron chi connectivity index (χ4n) is 3.09. The van der Waals surface area contributed by atoms with Gasteiger partial charge in [-0.15, -0.1) is 0 Å². The monoisotopic (exact) mass is 246 g/mol. The lowest BCUT2D eigenvalue weighted by molar-refractivity contribution is 0.178. The molecule has 3 heteroatoms. The van der Waals surface area contributed by atoms with Gasteiger partial charge in [0.2, 0.25) is 0 Å². The van der Waals surface area contributed by atoms with E-state index in [0.29, 0.717) is 12.6 Å². The number of fused-ring (bicyclic) bond motifs is 1. The van der Waals surface area contributed by atoms with Gasteiger partial charge in [0.1, 0.15) is 0 Å². The Morgan fingerprint density at radius 3 is 3.06 bits per heavy atom. The zero-order valence-electron chi connectivity index (χ0n) is 11.1. The zero-order valence-corrected chi connectivity index (χ0v) is 11.1. The molecule has 3 nitrogen and oxygen atoms in total. The molecule has 0 radical (unpaired) electrons. The number of ether oxygens (including phenoxy) is 1. The number of anilines is 1. The second kappa shape index (κ2) is 4.56. The highest BCUT2D eigenvalue weighted by Crippen LogP contribution is 2.32. The van der Waals surface area contributed by atoms with Gasteiger partial charge in [-0.25, -0.2) is 0 Å². The van der Waals surface area contributed by atoms with E-state index >= 15 is 0 Å². The van der Waals surface area contributed by atoms with E-state index in [1.807, 2.05) is 0 Å². The van der Waals surface area contributed by atoms with E-state index in [1.165, 1.54) is 24.1 Å². The Morgan fingerprint density at radius 1 is 1.44 bits per heavy atom. The molecule has 2 aliphatic rings. The molecule has 0 bridgehead atoms. The number of nitrogens with zero attached hydrogens (tertiary/aromatic N) is 1. The number of nitrogens with two attached hydrogens (primary N) is 1. The molecule has 2 atom stereocenters. The first kappa shape index (κ1) is 12.0. The smallest absolute Gasteiger partial charge is 0.0664 e. The van der Waals surface area contributed by atoms with Crippen LogP contribution in [0, 0.1) is 0 Å². The molecule has 1 fully saturated rings. The molecular formula is C15H22N2O. The van der Waals surface area contributed by atoms with Crippen LogP contribution in [0.4, 0.5) is 5.69 Å². The minimum absolute atomic E-state index is 0.168. The summed E-state index contributed by atoms with van der Waals surface area (Å²) in [5, 5.41) is 0. The third-order valence-corrected chi connectivity index (χ3v) is 4.28. The van der Waals surface area contributed by atoms with Gasteiger partial charge < -0.3 is 15.4 Å². The Balaban J connectivity index is 1.86. The first-order valence-corrected chi connectivity index (χ1v) is 6.89. The van der Waals surface area contributed by atoms with E-state index in [1.54, 1.807) is 0 Å². The molecule has 0 aliphatic carbocycles. The third-order valence-electron chi connectivity index (χ3n) is 4.28. The van der Waals surface area contributed by atoms with Crippen LogP contribution in [0.1, 0.15) is 25.3 Å². The van der Waals surface area contributed by atoms with Crippen LogP contribution in [0.3, 0.4) is 0 Å². The maximum absolute atomic E-state index is 6.44. The topological polar surface area (TPSA) is 38.5 Å². The summed E-state index contributed by atoms with van der Waals surface area (Å²) in [4.78, 5) is 2.48. The van der Waals surface area contributed by atoms with Crippen molar-refractivity contribution in [2.45, 2.75) is 37.8 Å². The van der Waals surface area contributed by atoms with Crippen LogP contribution in [0.25, 0.3) is 0 Å². The predicted molar refractivity (Wildman–Crippen MR) is 73.9 cm³/mol. The van der Waals surface area contributed by atoms with E-state index in [9.17, 15) is 0 Å². The molecule has 2 heterocycles. The number of rotatable bonds is 2. The second-order valence-electron chi connectivity index (χ2n) is 5.81. The Hall–Kier alpha value is -1.06. The molecule has 0 amide bonds. The lowest BCUT2D eigenvalue weighted by atomic mass is 9.92. The molecule has 2 unspecified atom stereocenters. The molecule has 18 heavy (non-hydrogen) atoms. The molecule has 1 saturated heterocycles. The maximum Gasteiger partial charge on any atom is 0.0664 e. The first-order valence-electron chi connectivity index (χ1n) is 6.89. The number of benzene rings is 1. The SMILES string of the molecule is CC1CCc2ccccc2N1CC1(N)CCOC1. The van der Waals surface area contributed by atoms with Crippen LogP contribution in [-0.2, 0) is 11.2 Å². The van der Waals surface area contributed by atoms with Gasteiger partial charge >= 0.3 is 0 Å². The number of hydrogen-bond donors (Lipinski definition) is 1. The average molecular weight is 246 g/mol. The summed E-state index contributed by atoms with van der Waals surface area (Å²) in [6.07, 6.45) is 3.37. The summed E-state index contributed by atoms with van der Waals surface area (Å²) >= 11 is 0. The minimum atomic E-state index is -0.168.